The van der Waals surface area contributed by atoms with Crippen LogP contribution in [0.15, 0.2) is 12.1 Å². The minimum Gasteiger partial charge on any atom is -0.399 e. The molecule has 3 N–H and O–H groups in total. The molecule has 0 radical (unpaired) electrons. The van der Waals surface area contributed by atoms with Gasteiger partial charge in [0.25, 0.3) is 5.91 Å². The molecular weight excluding hydrogens is 204 g/mol. The number of hydrogen-bond donors (Lipinski definition) is 2. The summed E-state index contributed by atoms with van der Waals surface area (Å²) in [4.78, 5) is 11.7. The quantitative estimate of drug-likeness (QED) is 0.767. The Morgan fingerprint density at radius 3 is 2.31 bits per heavy atom. The van der Waals surface area contributed by atoms with Gasteiger partial charge in [0.1, 0.15) is 6.10 Å². The summed E-state index contributed by atoms with van der Waals surface area (Å²) in [5.74, 6) is -0.154. The van der Waals surface area contributed by atoms with E-state index in [-0.39, 0.29) is 5.91 Å². The van der Waals surface area contributed by atoms with Crippen LogP contribution in [0.25, 0.3) is 0 Å². The van der Waals surface area contributed by atoms with Gasteiger partial charge in [-0.15, -0.1) is 0 Å². The largest absolute Gasteiger partial charge is 0.399 e. The summed E-state index contributed by atoms with van der Waals surface area (Å²) in [6.45, 7) is 5.53. The third kappa shape index (κ3) is 2.73. The van der Waals surface area contributed by atoms with Crippen molar-refractivity contribution in [3.05, 3.63) is 23.3 Å². The highest BCUT2D eigenvalue weighted by Crippen LogP contribution is 2.23. The van der Waals surface area contributed by atoms with Gasteiger partial charge >= 0.3 is 0 Å². The van der Waals surface area contributed by atoms with Gasteiger partial charge in [0.15, 0.2) is 0 Å². The van der Waals surface area contributed by atoms with Crippen molar-refractivity contribution in [2.45, 2.75) is 26.9 Å². The highest BCUT2D eigenvalue weighted by molar-refractivity contribution is 5.95. The molecule has 0 aromatic heterocycles. The van der Waals surface area contributed by atoms with E-state index in [1.807, 2.05) is 26.0 Å². The zero-order valence-electron chi connectivity index (χ0n) is 10.1. The number of benzene rings is 1. The number of carbonyl (C=O) groups is 1. The number of rotatable bonds is 3. The molecule has 0 aliphatic carbocycles. The average molecular weight is 222 g/mol. The summed E-state index contributed by atoms with van der Waals surface area (Å²) in [5.41, 5.74) is 9.12. The van der Waals surface area contributed by atoms with E-state index in [0.717, 1.165) is 16.8 Å². The first-order valence-corrected chi connectivity index (χ1v) is 5.16. The molecule has 16 heavy (non-hydrogen) atoms. The Labute approximate surface area is 95.8 Å². The van der Waals surface area contributed by atoms with Crippen LogP contribution in [0, 0.1) is 13.8 Å². The van der Waals surface area contributed by atoms with E-state index in [2.05, 4.69) is 5.32 Å². The first-order chi connectivity index (χ1) is 7.45. The van der Waals surface area contributed by atoms with E-state index in [9.17, 15) is 4.79 Å². The van der Waals surface area contributed by atoms with Crippen LogP contribution in [0.2, 0.25) is 0 Å². The fraction of sp³-hybridized carbons (Fsp3) is 0.417. The van der Waals surface area contributed by atoms with Crippen molar-refractivity contribution < 1.29 is 9.53 Å². The number of nitrogen functional groups attached to an aromatic ring is 1. The molecule has 0 heterocycles. The molecule has 4 nitrogen and oxygen atoms in total. The number of methoxy groups -OCH3 is 1. The number of hydrogen-bond acceptors (Lipinski definition) is 3. The van der Waals surface area contributed by atoms with Crippen LogP contribution in [-0.4, -0.2) is 19.1 Å². The van der Waals surface area contributed by atoms with E-state index in [1.165, 1.54) is 7.11 Å². The fourth-order valence-electron chi connectivity index (χ4n) is 1.53. The first kappa shape index (κ1) is 12.5. The van der Waals surface area contributed by atoms with E-state index in [0.29, 0.717) is 5.69 Å². The SMILES string of the molecule is COC(C)C(=O)Nc1c(C)cc(N)cc1C. The monoisotopic (exact) mass is 222 g/mol. The van der Waals surface area contributed by atoms with E-state index >= 15 is 0 Å². The van der Waals surface area contributed by atoms with Gasteiger partial charge in [0.2, 0.25) is 0 Å². The molecule has 88 valence electrons. The van der Waals surface area contributed by atoms with E-state index in [4.69, 9.17) is 10.5 Å². The van der Waals surface area contributed by atoms with Gasteiger partial charge in [-0.05, 0) is 44.0 Å². The minimum absolute atomic E-state index is 0.154. The number of nitrogens with two attached hydrogens (primary N) is 1. The number of aryl methyl sites for hydroxylation is 2. The normalized spacial score (nSPS) is 12.2. The summed E-state index contributed by atoms with van der Waals surface area (Å²) < 4.78 is 4.95. The number of anilines is 2. The molecule has 1 amide bonds. The van der Waals surface area contributed by atoms with Crippen LogP contribution in [0.3, 0.4) is 0 Å². The molecule has 1 unspecified atom stereocenters. The standard InChI is InChI=1S/C12H18N2O2/c1-7-5-10(13)6-8(2)11(7)14-12(15)9(3)16-4/h5-6,9H,13H2,1-4H3,(H,14,15). The summed E-state index contributed by atoms with van der Waals surface area (Å²) in [6.07, 6.45) is -0.462. The predicted octanol–water partition coefficient (Wildman–Crippen LogP) is 1.86. The maximum absolute atomic E-state index is 11.7. The summed E-state index contributed by atoms with van der Waals surface area (Å²) in [5, 5.41) is 2.84. The van der Waals surface area contributed by atoms with Gasteiger partial charge in [-0.1, -0.05) is 0 Å². The molecule has 0 aliphatic rings. The number of nitrogens with one attached hydrogen (secondary N) is 1. The Hall–Kier alpha value is -1.55. The van der Waals surface area contributed by atoms with E-state index < -0.39 is 6.10 Å². The molecule has 4 heteroatoms. The van der Waals surface area contributed by atoms with Crippen molar-refractivity contribution in [1.82, 2.24) is 0 Å². The fourth-order valence-corrected chi connectivity index (χ4v) is 1.53. The van der Waals surface area contributed by atoms with Crippen molar-refractivity contribution in [3.8, 4) is 0 Å². The lowest BCUT2D eigenvalue weighted by molar-refractivity contribution is -0.124. The zero-order valence-corrected chi connectivity index (χ0v) is 10.1. The smallest absolute Gasteiger partial charge is 0.253 e. The maximum Gasteiger partial charge on any atom is 0.253 e. The summed E-state index contributed by atoms with van der Waals surface area (Å²) in [6, 6.07) is 3.67. The van der Waals surface area contributed by atoms with Gasteiger partial charge in [-0.3, -0.25) is 4.79 Å². The van der Waals surface area contributed by atoms with Crippen molar-refractivity contribution in [1.29, 1.82) is 0 Å². The van der Waals surface area contributed by atoms with Gasteiger partial charge in [0, 0.05) is 18.5 Å². The van der Waals surface area contributed by atoms with E-state index in [1.54, 1.807) is 6.92 Å². The first-order valence-electron chi connectivity index (χ1n) is 5.16. The highest BCUT2D eigenvalue weighted by Gasteiger charge is 2.14. The predicted molar refractivity (Wildman–Crippen MR) is 65.4 cm³/mol. The van der Waals surface area contributed by atoms with Crippen molar-refractivity contribution in [2.24, 2.45) is 0 Å². The lowest BCUT2D eigenvalue weighted by atomic mass is 10.1. The third-order valence-corrected chi connectivity index (χ3v) is 2.53. The van der Waals surface area contributed by atoms with Gasteiger partial charge in [0.05, 0.1) is 0 Å². The highest BCUT2D eigenvalue weighted by atomic mass is 16.5. The van der Waals surface area contributed by atoms with Gasteiger partial charge in [-0.25, -0.2) is 0 Å². The van der Waals surface area contributed by atoms with Crippen molar-refractivity contribution in [3.63, 3.8) is 0 Å². The summed E-state index contributed by atoms with van der Waals surface area (Å²) >= 11 is 0. The Kier molecular flexibility index (Phi) is 3.90. The Morgan fingerprint density at radius 1 is 1.38 bits per heavy atom. The van der Waals surface area contributed by atoms with Gasteiger partial charge < -0.3 is 15.8 Å². The molecule has 0 fully saturated rings. The molecule has 1 aromatic carbocycles. The van der Waals surface area contributed by atoms with Gasteiger partial charge in [-0.2, -0.15) is 0 Å². The Bertz CT molecular complexity index is 379. The van der Waals surface area contributed by atoms with Crippen LogP contribution in [0.1, 0.15) is 18.1 Å². The minimum atomic E-state index is -0.462. The molecule has 0 aliphatic heterocycles. The molecule has 0 bridgehead atoms. The van der Waals surface area contributed by atoms with Crippen molar-refractivity contribution in [2.75, 3.05) is 18.2 Å². The Morgan fingerprint density at radius 2 is 1.88 bits per heavy atom. The zero-order chi connectivity index (χ0) is 12.3. The molecule has 0 saturated carbocycles. The average Bonchev–Trinajstić information content (AvgIpc) is 2.21. The molecular formula is C12H18N2O2. The van der Waals surface area contributed by atoms with Crippen LogP contribution < -0.4 is 11.1 Å². The number of carbonyl (C=O) groups excluding carboxylic acids is 1. The molecule has 0 spiro atoms. The van der Waals surface area contributed by atoms with Crippen LogP contribution in [-0.2, 0) is 9.53 Å². The lowest BCUT2D eigenvalue weighted by Crippen LogP contribution is -2.27. The van der Waals surface area contributed by atoms with Crippen LogP contribution in [0.4, 0.5) is 11.4 Å². The van der Waals surface area contributed by atoms with Crippen LogP contribution >= 0.6 is 0 Å². The van der Waals surface area contributed by atoms with Crippen LogP contribution in [0.5, 0.6) is 0 Å². The lowest BCUT2D eigenvalue weighted by Gasteiger charge is -2.15. The molecule has 1 atom stereocenters. The second-order valence-corrected chi connectivity index (χ2v) is 3.90. The number of ether oxygens (including phenoxy) is 1. The molecule has 1 aromatic rings. The Balaban J connectivity index is 2.93. The molecule has 0 saturated heterocycles. The topological polar surface area (TPSA) is 64.3 Å². The van der Waals surface area contributed by atoms with Crippen molar-refractivity contribution >= 4 is 17.3 Å². The maximum atomic E-state index is 11.7. The summed E-state index contributed by atoms with van der Waals surface area (Å²) in [7, 11) is 1.51. The molecule has 1 rings (SSSR count). The number of amides is 1. The third-order valence-electron chi connectivity index (χ3n) is 2.53. The second-order valence-electron chi connectivity index (χ2n) is 3.90. The second kappa shape index (κ2) is 4.99.